The minimum Gasteiger partial charge on any atom is -0.465 e. The number of hydrogen-bond donors (Lipinski definition) is 0. The molecule has 1 aromatic rings. The van der Waals surface area contributed by atoms with Crippen molar-refractivity contribution < 1.29 is 23.0 Å². The average molecular weight is 265 g/mol. The molecule has 0 aliphatic heterocycles. The summed E-state index contributed by atoms with van der Waals surface area (Å²) < 4.78 is 33.0. The van der Waals surface area contributed by atoms with Crippen LogP contribution in [0.5, 0.6) is 5.75 Å². The van der Waals surface area contributed by atoms with Gasteiger partial charge in [-0.2, -0.15) is 8.78 Å². The summed E-state index contributed by atoms with van der Waals surface area (Å²) in [6.07, 6.45) is 0. The molecule has 0 fully saturated rings. The van der Waals surface area contributed by atoms with E-state index >= 15 is 0 Å². The fourth-order valence-corrected chi connectivity index (χ4v) is 1.78. The summed E-state index contributed by atoms with van der Waals surface area (Å²) in [6, 6.07) is 2.60. The summed E-state index contributed by atoms with van der Waals surface area (Å²) in [7, 11) is 1.20. The maximum atomic E-state index is 12.1. The SMILES string of the molecule is COC(=O)c1cc(OC(F)F)cc(C)c1CCl. The molecular weight excluding hydrogens is 254 g/mol. The molecule has 0 unspecified atom stereocenters. The molecule has 94 valence electrons. The number of aryl methyl sites for hydroxylation is 1. The Bertz CT molecular complexity index is 421. The van der Waals surface area contributed by atoms with Crippen LogP contribution < -0.4 is 4.74 Å². The van der Waals surface area contributed by atoms with Gasteiger partial charge in [0.2, 0.25) is 0 Å². The highest BCUT2D eigenvalue weighted by Crippen LogP contribution is 2.25. The minimum absolute atomic E-state index is 0.0885. The molecule has 0 aliphatic rings. The number of ether oxygens (including phenoxy) is 2. The Morgan fingerprint density at radius 3 is 2.59 bits per heavy atom. The molecule has 1 rings (SSSR count). The van der Waals surface area contributed by atoms with Crippen molar-refractivity contribution in [1.29, 1.82) is 0 Å². The largest absolute Gasteiger partial charge is 0.465 e. The van der Waals surface area contributed by atoms with E-state index in [1.54, 1.807) is 6.92 Å². The van der Waals surface area contributed by atoms with Crippen LogP contribution in [0.2, 0.25) is 0 Å². The maximum Gasteiger partial charge on any atom is 0.387 e. The first kappa shape index (κ1) is 13.7. The Morgan fingerprint density at radius 2 is 2.12 bits per heavy atom. The van der Waals surface area contributed by atoms with Gasteiger partial charge >= 0.3 is 12.6 Å². The van der Waals surface area contributed by atoms with Crippen molar-refractivity contribution in [2.75, 3.05) is 7.11 Å². The van der Waals surface area contributed by atoms with E-state index in [-0.39, 0.29) is 17.2 Å². The topological polar surface area (TPSA) is 35.5 Å². The molecule has 0 N–H and O–H groups in total. The van der Waals surface area contributed by atoms with Gasteiger partial charge in [-0.15, -0.1) is 11.6 Å². The Balaban J connectivity index is 3.23. The summed E-state index contributed by atoms with van der Waals surface area (Å²) in [5.41, 5.74) is 1.27. The van der Waals surface area contributed by atoms with Gasteiger partial charge in [-0.05, 0) is 30.2 Å². The van der Waals surface area contributed by atoms with E-state index in [0.29, 0.717) is 11.1 Å². The van der Waals surface area contributed by atoms with Crippen LogP contribution in [0.25, 0.3) is 0 Å². The van der Waals surface area contributed by atoms with Gasteiger partial charge in [0.15, 0.2) is 0 Å². The number of halogens is 3. The number of methoxy groups -OCH3 is 1. The number of rotatable bonds is 4. The molecule has 0 aliphatic carbocycles. The molecule has 0 heterocycles. The predicted octanol–water partition coefficient (Wildman–Crippen LogP) is 3.12. The van der Waals surface area contributed by atoms with Crippen LogP contribution in [0.4, 0.5) is 8.78 Å². The molecule has 1 aromatic carbocycles. The first-order chi connectivity index (χ1) is 7.99. The Morgan fingerprint density at radius 1 is 1.47 bits per heavy atom. The lowest BCUT2D eigenvalue weighted by atomic mass is 10.0. The smallest absolute Gasteiger partial charge is 0.387 e. The zero-order valence-corrected chi connectivity index (χ0v) is 10.1. The highest BCUT2D eigenvalue weighted by Gasteiger charge is 2.16. The van der Waals surface area contributed by atoms with Gasteiger partial charge in [0.25, 0.3) is 0 Å². The summed E-state index contributed by atoms with van der Waals surface area (Å²) >= 11 is 5.70. The Kier molecular flexibility index (Phi) is 4.69. The first-order valence-electron chi connectivity index (χ1n) is 4.72. The molecule has 0 amide bonds. The molecule has 0 bridgehead atoms. The lowest BCUT2D eigenvalue weighted by Crippen LogP contribution is -2.09. The van der Waals surface area contributed by atoms with Gasteiger partial charge in [0.05, 0.1) is 12.7 Å². The van der Waals surface area contributed by atoms with Crippen LogP contribution in [0.3, 0.4) is 0 Å². The quantitative estimate of drug-likeness (QED) is 0.619. The third-order valence-corrected chi connectivity index (χ3v) is 2.48. The fraction of sp³-hybridized carbons (Fsp3) is 0.364. The van der Waals surface area contributed by atoms with Crippen molar-refractivity contribution in [1.82, 2.24) is 0 Å². The van der Waals surface area contributed by atoms with E-state index in [9.17, 15) is 13.6 Å². The molecule has 0 spiro atoms. The van der Waals surface area contributed by atoms with Crippen LogP contribution >= 0.6 is 11.6 Å². The van der Waals surface area contributed by atoms with Crippen LogP contribution in [0, 0.1) is 6.92 Å². The third kappa shape index (κ3) is 3.30. The Labute approximate surface area is 102 Å². The molecule has 17 heavy (non-hydrogen) atoms. The van der Waals surface area contributed by atoms with E-state index in [2.05, 4.69) is 9.47 Å². The van der Waals surface area contributed by atoms with Crippen molar-refractivity contribution in [2.24, 2.45) is 0 Å². The van der Waals surface area contributed by atoms with Crippen molar-refractivity contribution in [3.05, 3.63) is 28.8 Å². The molecule has 0 saturated heterocycles. The summed E-state index contributed by atoms with van der Waals surface area (Å²) in [5.74, 6) is -0.638. The molecule has 3 nitrogen and oxygen atoms in total. The van der Waals surface area contributed by atoms with E-state index in [1.807, 2.05) is 0 Å². The van der Waals surface area contributed by atoms with E-state index < -0.39 is 12.6 Å². The lowest BCUT2D eigenvalue weighted by molar-refractivity contribution is -0.0499. The highest BCUT2D eigenvalue weighted by atomic mass is 35.5. The van der Waals surface area contributed by atoms with Crippen molar-refractivity contribution in [2.45, 2.75) is 19.4 Å². The van der Waals surface area contributed by atoms with Gasteiger partial charge in [-0.25, -0.2) is 4.79 Å². The Hall–Kier alpha value is -1.36. The number of esters is 1. The van der Waals surface area contributed by atoms with Gasteiger partial charge in [0, 0.05) is 5.88 Å². The zero-order valence-electron chi connectivity index (χ0n) is 9.30. The predicted molar refractivity (Wildman–Crippen MR) is 58.7 cm³/mol. The van der Waals surface area contributed by atoms with Crippen molar-refractivity contribution in [3.63, 3.8) is 0 Å². The molecule has 0 atom stereocenters. The molecule has 6 heteroatoms. The second-order valence-electron chi connectivity index (χ2n) is 3.27. The van der Waals surface area contributed by atoms with Crippen molar-refractivity contribution in [3.8, 4) is 5.75 Å². The van der Waals surface area contributed by atoms with E-state index in [4.69, 9.17) is 11.6 Å². The third-order valence-electron chi connectivity index (χ3n) is 2.21. The number of alkyl halides is 3. The monoisotopic (exact) mass is 264 g/mol. The molecule has 0 saturated carbocycles. The first-order valence-corrected chi connectivity index (χ1v) is 5.25. The van der Waals surface area contributed by atoms with Crippen LogP contribution in [0.15, 0.2) is 12.1 Å². The number of carbonyl (C=O) groups excluding carboxylic acids is 1. The second-order valence-corrected chi connectivity index (χ2v) is 3.54. The number of benzene rings is 1. The van der Waals surface area contributed by atoms with Crippen LogP contribution in [-0.4, -0.2) is 19.7 Å². The average Bonchev–Trinajstić information content (AvgIpc) is 2.26. The second kappa shape index (κ2) is 5.82. The van der Waals surface area contributed by atoms with Gasteiger partial charge in [-0.3, -0.25) is 0 Å². The van der Waals surface area contributed by atoms with Crippen molar-refractivity contribution >= 4 is 17.6 Å². The summed E-state index contributed by atoms with van der Waals surface area (Å²) in [6.45, 7) is -1.29. The summed E-state index contributed by atoms with van der Waals surface area (Å²) in [5, 5.41) is 0. The molecular formula is C11H11ClF2O3. The van der Waals surface area contributed by atoms with Crippen LogP contribution in [0.1, 0.15) is 21.5 Å². The zero-order chi connectivity index (χ0) is 13.0. The fourth-order valence-electron chi connectivity index (χ4n) is 1.42. The van der Waals surface area contributed by atoms with E-state index in [0.717, 1.165) is 0 Å². The van der Waals surface area contributed by atoms with E-state index in [1.165, 1.54) is 19.2 Å². The van der Waals surface area contributed by atoms with Crippen LogP contribution in [-0.2, 0) is 10.6 Å². The maximum absolute atomic E-state index is 12.1. The summed E-state index contributed by atoms with van der Waals surface area (Å²) in [4.78, 5) is 11.5. The number of carbonyl (C=O) groups is 1. The van der Waals surface area contributed by atoms with Gasteiger partial charge in [0.1, 0.15) is 5.75 Å². The number of hydrogen-bond acceptors (Lipinski definition) is 3. The van der Waals surface area contributed by atoms with Gasteiger partial charge in [-0.1, -0.05) is 0 Å². The van der Waals surface area contributed by atoms with Gasteiger partial charge < -0.3 is 9.47 Å². The normalized spacial score (nSPS) is 10.5. The molecule has 0 aromatic heterocycles. The standard InChI is InChI=1S/C11H11ClF2O3/c1-6-3-7(17-11(13)14)4-8(9(6)5-12)10(15)16-2/h3-4,11H,5H2,1-2H3. The lowest BCUT2D eigenvalue weighted by Gasteiger charge is -2.12. The molecule has 0 radical (unpaired) electrons. The highest BCUT2D eigenvalue weighted by molar-refractivity contribution is 6.17. The minimum atomic E-state index is -2.94.